The Kier molecular flexibility index (Phi) is 6.44. The maximum atomic E-state index is 12.4. The number of hydrogen-bond acceptors (Lipinski definition) is 5. The molecule has 5 nitrogen and oxygen atoms in total. The van der Waals surface area contributed by atoms with Gasteiger partial charge in [-0.15, -0.1) is 11.3 Å². The molecule has 1 amide bonds. The van der Waals surface area contributed by atoms with Crippen molar-refractivity contribution in [1.29, 1.82) is 0 Å². The van der Waals surface area contributed by atoms with E-state index in [1.165, 1.54) is 4.88 Å². The lowest BCUT2D eigenvalue weighted by Gasteiger charge is -2.34. The summed E-state index contributed by atoms with van der Waals surface area (Å²) in [4.78, 5) is 16.0. The molecule has 25 heavy (non-hydrogen) atoms. The van der Waals surface area contributed by atoms with E-state index < -0.39 is 0 Å². The van der Waals surface area contributed by atoms with Gasteiger partial charge in [0.05, 0.1) is 32.8 Å². The first-order valence-electron chi connectivity index (χ1n) is 8.51. The van der Waals surface area contributed by atoms with E-state index in [9.17, 15) is 4.79 Å². The van der Waals surface area contributed by atoms with Gasteiger partial charge >= 0.3 is 0 Å². The number of methoxy groups -OCH3 is 1. The summed E-state index contributed by atoms with van der Waals surface area (Å²) in [5.74, 6) is 0.804. The van der Waals surface area contributed by atoms with Crippen LogP contribution in [0.5, 0.6) is 5.75 Å². The average Bonchev–Trinajstić information content (AvgIpc) is 3.17. The molecular weight excluding hydrogens is 336 g/mol. The molecular formula is C19H24N2O3S. The molecule has 1 aliphatic heterocycles. The molecule has 0 unspecified atom stereocenters. The number of ether oxygens (including phenoxy) is 2. The van der Waals surface area contributed by atoms with Gasteiger partial charge in [0.25, 0.3) is 0 Å². The van der Waals surface area contributed by atoms with Crippen LogP contribution in [0.25, 0.3) is 0 Å². The summed E-state index contributed by atoms with van der Waals surface area (Å²) in [6.07, 6.45) is 0.359. The summed E-state index contributed by atoms with van der Waals surface area (Å²) in [7, 11) is 1.63. The number of hydrogen-bond donors (Lipinski definition) is 1. The van der Waals surface area contributed by atoms with E-state index in [-0.39, 0.29) is 11.9 Å². The Labute approximate surface area is 152 Å². The summed E-state index contributed by atoms with van der Waals surface area (Å²) < 4.78 is 10.7. The maximum absolute atomic E-state index is 12.4. The normalized spacial score (nSPS) is 16.4. The fraction of sp³-hybridized carbons (Fsp3) is 0.421. The van der Waals surface area contributed by atoms with Crippen molar-refractivity contribution in [2.75, 3.05) is 40.0 Å². The van der Waals surface area contributed by atoms with Gasteiger partial charge < -0.3 is 14.8 Å². The third-order valence-corrected chi connectivity index (χ3v) is 5.32. The van der Waals surface area contributed by atoms with Gasteiger partial charge in [-0.25, -0.2) is 0 Å². The van der Waals surface area contributed by atoms with Crippen LogP contribution < -0.4 is 10.1 Å². The minimum Gasteiger partial charge on any atom is -0.497 e. The van der Waals surface area contributed by atoms with Gasteiger partial charge in [-0.3, -0.25) is 9.69 Å². The second-order valence-electron chi connectivity index (χ2n) is 6.01. The molecule has 1 aromatic carbocycles. The van der Waals surface area contributed by atoms with Crippen LogP contribution in [0, 0.1) is 0 Å². The van der Waals surface area contributed by atoms with Gasteiger partial charge in [0, 0.05) is 24.5 Å². The number of carbonyl (C=O) groups is 1. The quantitative estimate of drug-likeness (QED) is 0.824. The highest BCUT2D eigenvalue weighted by atomic mass is 32.1. The molecule has 1 aliphatic rings. The van der Waals surface area contributed by atoms with Crippen LogP contribution in [0.2, 0.25) is 0 Å². The molecule has 2 heterocycles. The molecule has 0 bridgehead atoms. The van der Waals surface area contributed by atoms with Crippen molar-refractivity contribution >= 4 is 17.2 Å². The van der Waals surface area contributed by atoms with Crippen molar-refractivity contribution in [2.45, 2.75) is 12.5 Å². The minimum atomic E-state index is 0.0306. The van der Waals surface area contributed by atoms with E-state index in [0.717, 1.165) is 37.6 Å². The second kappa shape index (κ2) is 8.99. The fourth-order valence-electron chi connectivity index (χ4n) is 3.02. The average molecular weight is 360 g/mol. The molecule has 0 radical (unpaired) electrons. The highest BCUT2D eigenvalue weighted by Gasteiger charge is 2.23. The number of nitrogens with zero attached hydrogens (tertiary/aromatic N) is 1. The standard InChI is InChI=1S/C19H24N2O3S/c1-23-16-5-2-4-15(12-16)13-19(22)20-14-17(18-6-3-11-25-18)21-7-9-24-10-8-21/h2-6,11-12,17H,7-10,13-14H2,1H3,(H,20,22)/t17-/m1/s1. The van der Waals surface area contributed by atoms with E-state index in [2.05, 4.69) is 27.7 Å². The van der Waals surface area contributed by atoms with Crippen molar-refractivity contribution in [2.24, 2.45) is 0 Å². The molecule has 0 saturated carbocycles. The van der Waals surface area contributed by atoms with Gasteiger partial charge in [0.1, 0.15) is 5.75 Å². The second-order valence-corrected chi connectivity index (χ2v) is 6.99. The zero-order valence-corrected chi connectivity index (χ0v) is 15.3. The Bertz CT molecular complexity index is 669. The molecule has 0 aliphatic carbocycles. The number of morpholine rings is 1. The van der Waals surface area contributed by atoms with Crippen molar-refractivity contribution in [3.05, 3.63) is 52.2 Å². The largest absolute Gasteiger partial charge is 0.497 e. The van der Waals surface area contributed by atoms with Crippen LogP contribution in [0.1, 0.15) is 16.5 Å². The smallest absolute Gasteiger partial charge is 0.224 e. The van der Waals surface area contributed by atoms with E-state index in [1.807, 2.05) is 24.3 Å². The molecule has 1 saturated heterocycles. The first-order chi connectivity index (χ1) is 12.3. The number of amides is 1. The Balaban J connectivity index is 1.59. The van der Waals surface area contributed by atoms with Crippen LogP contribution >= 0.6 is 11.3 Å². The highest BCUT2D eigenvalue weighted by molar-refractivity contribution is 7.10. The number of rotatable bonds is 7. The third kappa shape index (κ3) is 5.04. The first kappa shape index (κ1) is 17.9. The van der Waals surface area contributed by atoms with Crippen LogP contribution in [-0.2, 0) is 16.0 Å². The predicted molar refractivity (Wildman–Crippen MR) is 99.2 cm³/mol. The summed E-state index contributed by atoms with van der Waals surface area (Å²) in [6, 6.07) is 12.0. The van der Waals surface area contributed by atoms with Crippen LogP contribution in [0.15, 0.2) is 41.8 Å². The van der Waals surface area contributed by atoms with Gasteiger partial charge in [0.2, 0.25) is 5.91 Å². The van der Waals surface area contributed by atoms with E-state index in [4.69, 9.17) is 9.47 Å². The number of benzene rings is 1. The third-order valence-electron chi connectivity index (χ3n) is 4.35. The Morgan fingerprint density at radius 1 is 1.32 bits per heavy atom. The number of nitrogens with one attached hydrogen (secondary N) is 1. The van der Waals surface area contributed by atoms with Gasteiger partial charge in [-0.05, 0) is 29.1 Å². The molecule has 1 aromatic heterocycles. The monoisotopic (exact) mass is 360 g/mol. The van der Waals surface area contributed by atoms with Crippen molar-refractivity contribution < 1.29 is 14.3 Å². The van der Waals surface area contributed by atoms with Crippen LogP contribution in [0.4, 0.5) is 0 Å². The highest BCUT2D eigenvalue weighted by Crippen LogP contribution is 2.25. The van der Waals surface area contributed by atoms with Gasteiger partial charge in [0.15, 0.2) is 0 Å². The van der Waals surface area contributed by atoms with Gasteiger partial charge in [-0.1, -0.05) is 18.2 Å². The first-order valence-corrected chi connectivity index (χ1v) is 9.39. The van der Waals surface area contributed by atoms with Crippen LogP contribution in [-0.4, -0.2) is 50.8 Å². The zero-order valence-electron chi connectivity index (χ0n) is 14.4. The maximum Gasteiger partial charge on any atom is 0.224 e. The molecule has 6 heteroatoms. The molecule has 2 aromatic rings. The Hall–Kier alpha value is -1.89. The van der Waals surface area contributed by atoms with Crippen molar-refractivity contribution in [3.63, 3.8) is 0 Å². The van der Waals surface area contributed by atoms with Gasteiger partial charge in [-0.2, -0.15) is 0 Å². The lowest BCUT2D eigenvalue weighted by Crippen LogP contribution is -2.43. The molecule has 134 valence electrons. The summed E-state index contributed by atoms with van der Waals surface area (Å²) in [6.45, 7) is 3.91. The topological polar surface area (TPSA) is 50.8 Å². The summed E-state index contributed by atoms with van der Waals surface area (Å²) in [5.41, 5.74) is 0.955. The molecule has 3 rings (SSSR count). The molecule has 1 fully saturated rings. The summed E-state index contributed by atoms with van der Waals surface area (Å²) in [5, 5.41) is 5.18. The SMILES string of the molecule is COc1cccc(CC(=O)NC[C@H](c2cccs2)N2CCOCC2)c1. The van der Waals surface area contributed by atoms with E-state index in [0.29, 0.717) is 13.0 Å². The Morgan fingerprint density at radius 2 is 2.16 bits per heavy atom. The van der Waals surface area contributed by atoms with Crippen molar-refractivity contribution in [1.82, 2.24) is 10.2 Å². The van der Waals surface area contributed by atoms with E-state index >= 15 is 0 Å². The molecule has 1 atom stereocenters. The van der Waals surface area contributed by atoms with Crippen LogP contribution in [0.3, 0.4) is 0 Å². The number of thiophene rings is 1. The number of carbonyl (C=O) groups excluding carboxylic acids is 1. The zero-order chi connectivity index (χ0) is 17.5. The van der Waals surface area contributed by atoms with E-state index in [1.54, 1.807) is 18.4 Å². The predicted octanol–water partition coefficient (Wildman–Crippen LogP) is 2.49. The minimum absolute atomic E-state index is 0.0306. The molecule has 0 spiro atoms. The lowest BCUT2D eigenvalue weighted by molar-refractivity contribution is -0.120. The lowest BCUT2D eigenvalue weighted by atomic mass is 10.1. The summed E-state index contributed by atoms with van der Waals surface area (Å²) >= 11 is 1.73. The van der Waals surface area contributed by atoms with Crippen molar-refractivity contribution in [3.8, 4) is 5.75 Å². The molecule has 1 N–H and O–H groups in total. The Morgan fingerprint density at radius 3 is 2.88 bits per heavy atom. The fourth-order valence-corrected chi connectivity index (χ4v) is 3.88.